The second-order valence-corrected chi connectivity index (χ2v) is 7.23. The van der Waals surface area contributed by atoms with Crippen LogP contribution in [0.2, 0.25) is 0 Å². The number of hydrogen-bond donors (Lipinski definition) is 1. The summed E-state index contributed by atoms with van der Waals surface area (Å²) in [4.78, 5) is 11.1. The fourth-order valence-electron chi connectivity index (χ4n) is 2.32. The van der Waals surface area contributed by atoms with E-state index in [4.69, 9.17) is 14.6 Å². The van der Waals surface area contributed by atoms with Gasteiger partial charge in [0.2, 0.25) is 0 Å². The van der Waals surface area contributed by atoms with Crippen molar-refractivity contribution in [2.24, 2.45) is 0 Å². The monoisotopic (exact) mass is 365 g/mol. The predicted octanol–water partition coefficient (Wildman–Crippen LogP) is 2.54. The van der Waals surface area contributed by atoms with Crippen LogP contribution in [0, 0.1) is 6.92 Å². The molecule has 8 heteroatoms. The van der Waals surface area contributed by atoms with Crippen molar-refractivity contribution in [2.45, 2.75) is 11.8 Å². The number of hydrogen-bond acceptors (Lipinski definition) is 5. The van der Waals surface area contributed by atoms with Gasteiger partial charge in [-0.2, -0.15) is 0 Å². The summed E-state index contributed by atoms with van der Waals surface area (Å²) in [5.41, 5.74) is 0.722. The lowest BCUT2D eigenvalue weighted by Crippen LogP contribution is -2.27. The highest BCUT2D eigenvalue weighted by atomic mass is 32.2. The number of ether oxygens (including phenoxy) is 2. The quantitative estimate of drug-likeness (QED) is 0.846. The molecule has 1 N–H and O–H groups in total. The average Bonchev–Trinajstić information content (AvgIpc) is 2.60. The van der Waals surface area contributed by atoms with Crippen molar-refractivity contribution < 1.29 is 27.8 Å². The highest BCUT2D eigenvalue weighted by Gasteiger charge is 2.25. The summed E-state index contributed by atoms with van der Waals surface area (Å²) in [6.07, 6.45) is 0. The summed E-state index contributed by atoms with van der Waals surface area (Å²) in [6.45, 7) is 1.61. The Morgan fingerprint density at radius 2 is 1.68 bits per heavy atom. The van der Waals surface area contributed by atoms with Crippen molar-refractivity contribution in [1.29, 1.82) is 0 Å². The number of sulfonamides is 1. The zero-order valence-corrected chi connectivity index (χ0v) is 15.1. The van der Waals surface area contributed by atoms with E-state index in [1.54, 1.807) is 19.1 Å². The Hall–Kier alpha value is -2.74. The molecule has 0 atom stereocenters. The fraction of sp³-hybridized carbons (Fsp3) is 0.235. The van der Waals surface area contributed by atoms with Crippen LogP contribution >= 0.6 is 0 Å². The minimum atomic E-state index is -3.95. The normalized spacial score (nSPS) is 11.0. The smallest absolute Gasteiger partial charge is 0.335 e. The number of rotatable bonds is 6. The molecule has 0 fully saturated rings. The molecule has 25 heavy (non-hydrogen) atoms. The molecule has 0 spiro atoms. The first-order valence-corrected chi connectivity index (χ1v) is 8.71. The maximum absolute atomic E-state index is 12.9. The lowest BCUT2D eigenvalue weighted by molar-refractivity contribution is 0.0696. The van der Waals surface area contributed by atoms with E-state index in [-0.39, 0.29) is 10.5 Å². The van der Waals surface area contributed by atoms with E-state index in [9.17, 15) is 13.2 Å². The molecule has 2 aromatic carbocycles. The molecule has 7 nitrogen and oxygen atoms in total. The highest BCUT2D eigenvalue weighted by molar-refractivity contribution is 7.92. The number of aryl methyl sites for hydroxylation is 1. The molecule has 2 rings (SSSR count). The van der Waals surface area contributed by atoms with Gasteiger partial charge in [0.05, 0.1) is 30.4 Å². The molecule has 0 radical (unpaired) electrons. The van der Waals surface area contributed by atoms with Gasteiger partial charge in [-0.3, -0.25) is 4.31 Å². The Labute approximate surface area is 146 Å². The average molecular weight is 365 g/mol. The third kappa shape index (κ3) is 3.53. The number of nitrogens with zero attached hydrogens (tertiary/aromatic N) is 1. The largest absolute Gasteiger partial charge is 0.493 e. The fourth-order valence-corrected chi connectivity index (χ4v) is 3.76. The van der Waals surface area contributed by atoms with Crippen LogP contribution in [0.15, 0.2) is 41.3 Å². The number of carbonyl (C=O) groups is 1. The molecule has 0 bridgehead atoms. The standard InChI is InChI=1S/C17H19NO6S/c1-11-5-6-12(17(19)20)9-16(11)25(21,22)18(2)13-7-8-14(23-3)15(10-13)24-4/h5-10H,1-4H3,(H,19,20). The molecule has 0 amide bonds. The molecule has 134 valence electrons. The molecule has 0 heterocycles. The molecule has 0 aliphatic rings. The highest BCUT2D eigenvalue weighted by Crippen LogP contribution is 2.33. The van der Waals surface area contributed by atoms with Crippen LogP contribution in [0.4, 0.5) is 5.69 Å². The Bertz CT molecular complexity index is 907. The van der Waals surface area contributed by atoms with E-state index in [0.29, 0.717) is 22.7 Å². The van der Waals surface area contributed by atoms with Crippen LogP contribution in [0.25, 0.3) is 0 Å². The van der Waals surface area contributed by atoms with Crippen LogP contribution in [-0.4, -0.2) is 40.8 Å². The summed E-state index contributed by atoms with van der Waals surface area (Å²) >= 11 is 0. The molecular weight excluding hydrogens is 346 g/mol. The zero-order chi connectivity index (χ0) is 18.8. The van der Waals surface area contributed by atoms with Gasteiger partial charge in [-0.1, -0.05) is 6.07 Å². The van der Waals surface area contributed by atoms with E-state index in [1.165, 1.54) is 39.5 Å². The first-order chi connectivity index (χ1) is 11.7. The molecule has 0 saturated carbocycles. The summed E-state index contributed by atoms with van der Waals surface area (Å²) in [5.74, 6) is -0.329. The third-order valence-corrected chi connectivity index (χ3v) is 5.73. The molecule has 0 unspecified atom stereocenters. The van der Waals surface area contributed by atoms with Gasteiger partial charge in [-0.25, -0.2) is 13.2 Å². The van der Waals surface area contributed by atoms with Crippen molar-refractivity contribution in [3.05, 3.63) is 47.5 Å². The minimum Gasteiger partial charge on any atom is -0.493 e. The number of anilines is 1. The van der Waals surface area contributed by atoms with Crippen LogP contribution in [0.1, 0.15) is 15.9 Å². The van der Waals surface area contributed by atoms with E-state index >= 15 is 0 Å². The van der Waals surface area contributed by atoms with Gasteiger partial charge in [0.1, 0.15) is 0 Å². The van der Waals surface area contributed by atoms with Crippen LogP contribution < -0.4 is 13.8 Å². The Morgan fingerprint density at radius 1 is 1.04 bits per heavy atom. The van der Waals surface area contributed by atoms with Gasteiger partial charge in [0.15, 0.2) is 11.5 Å². The van der Waals surface area contributed by atoms with Crippen molar-refractivity contribution >= 4 is 21.7 Å². The zero-order valence-electron chi connectivity index (χ0n) is 14.3. The Balaban J connectivity index is 2.53. The molecular formula is C17H19NO6S. The van der Waals surface area contributed by atoms with Crippen molar-refractivity contribution in [3.63, 3.8) is 0 Å². The van der Waals surface area contributed by atoms with Gasteiger partial charge >= 0.3 is 5.97 Å². The minimum absolute atomic E-state index is 0.0651. The first kappa shape index (κ1) is 18.6. The summed E-state index contributed by atoms with van der Waals surface area (Å²) in [6, 6.07) is 8.71. The van der Waals surface area contributed by atoms with Gasteiger partial charge in [-0.05, 0) is 36.8 Å². The summed E-state index contributed by atoms with van der Waals surface area (Å²) in [5, 5.41) is 9.11. The first-order valence-electron chi connectivity index (χ1n) is 7.27. The van der Waals surface area contributed by atoms with Crippen LogP contribution in [0.3, 0.4) is 0 Å². The van der Waals surface area contributed by atoms with Gasteiger partial charge in [-0.15, -0.1) is 0 Å². The van der Waals surface area contributed by atoms with Crippen molar-refractivity contribution in [3.8, 4) is 11.5 Å². The van der Waals surface area contributed by atoms with E-state index in [0.717, 1.165) is 10.4 Å². The SMILES string of the molecule is COc1ccc(N(C)S(=O)(=O)c2cc(C(=O)O)ccc2C)cc1OC. The van der Waals surface area contributed by atoms with Crippen molar-refractivity contribution in [2.75, 3.05) is 25.6 Å². The van der Waals surface area contributed by atoms with Gasteiger partial charge in [0.25, 0.3) is 10.0 Å². The topological polar surface area (TPSA) is 93.1 Å². The molecule has 0 aromatic heterocycles. The number of methoxy groups -OCH3 is 2. The van der Waals surface area contributed by atoms with E-state index < -0.39 is 16.0 Å². The van der Waals surface area contributed by atoms with E-state index in [1.807, 2.05) is 0 Å². The molecule has 0 aliphatic carbocycles. The summed E-state index contributed by atoms with van der Waals surface area (Å²) < 4.78 is 37.3. The molecule has 0 aliphatic heterocycles. The third-order valence-electron chi connectivity index (χ3n) is 3.80. The van der Waals surface area contributed by atoms with Gasteiger partial charge < -0.3 is 14.6 Å². The van der Waals surface area contributed by atoms with Crippen LogP contribution in [0.5, 0.6) is 11.5 Å². The lowest BCUT2D eigenvalue weighted by atomic mass is 10.1. The number of carboxylic acid groups (broad SMARTS) is 1. The Morgan fingerprint density at radius 3 is 2.24 bits per heavy atom. The predicted molar refractivity (Wildman–Crippen MR) is 93.3 cm³/mol. The summed E-state index contributed by atoms with van der Waals surface area (Å²) in [7, 11) is 0.383. The number of aromatic carboxylic acids is 1. The van der Waals surface area contributed by atoms with Crippen LogP contribution in [-0.2, 0) is 10.0 Å². The maximum Gasteiger partial charge on any atom is 0.335 e. The molecule has 2 aromatic rings. The Kier molecular flexibility index (Phi) is 5.22. The van der Waals surface area contributed by atoms with Crippen molar-refractivity contribution in [1.82, 2.24) is 0 Å². The second-order valence-electron chi connectivity index (χ2n) is 5.30. The number of benzene rings is 2. The molecule has 0 saturated heterocycles. The maximum atomic E-state index is 12.9. The van der Waals surface area contributed by atoms with E-state index in [2.05, 4.69) is 0 Å². The second kappa shape index (κ2) is 7.02. The number of carboxylic acids is 1. The lowest BCUT2D eigenvalue weighted by Gasteiger charge is -2.22. The van der Waals surface area contributed by atoms with Gasteiger partial charge in [0, 0.05) is 13.1 Å².